The second kappa shape index (κ2) is 12.4. The fraction of sp³-hybridized carbons (Fsp3) is 0.346. The van der Waals surface area contributed by atoms with Crippen molar-refractivity contribution in [3.8, 4) is 5.75 Å². The van der Waals surface area contributed by atoms with Crippen molar-refractivity contribution >= 4 is 49.8 Å². The van der Waals surface area contributed by atoms with E-state index in [0.29, 0.717) is 18.9 Å². The molecule has 0 bridgehead atoms. The predicted octanol–water partition coefficient (Wildman–Crippen LogP) is 5.66. The van der Waals surface area contributed by atoms with Crippen LogP contribution in [-0.4, -0.2) is 37.1 Å². The number of rotatable bonds is 10. The molecule has 0 saturated heterocycles. The molecule has 1 atom stereocenters. The molecule has 1 heterocycles. The molecule has 39 heavy (non-hydrogen) atoms. The van der Waals surface area contributed by atoms with Crippen molar-refractivity contribution < 1.29 is 36.3 Å². The van der Waals surface area contributed by atoms with Crippen molar-refractivity contribution in [2.45, 2.75) is 55.3 Å². The standard InChI is InChI=1S/C26H25ClF2N2O6S2/c1-2-36-22(32)14-19-24(27)38-26(30-19)31-25(33)23(37-20-12-11-15(28)13-18(20)29)17-9-5-6-10-21(17)39(34,35)16-7-3-4-8-16/h5-6,9-13,16,23H,2-4,7-8,14H2,1H3,(H,30,31,33). The molecule has 1 aromatic heterocycles. The lowest BCUT2D eigenvalue weighted by Gasteiger charge is -2.22. The van der Waals surface area contributed by atoms with Gasteiger partial charge in [0.2, 0.25) is 6.10 Å². The monoisotopic (exact) mass is 598 g/mol. The number of esters is 1. The number of carbonyl (C=O) groups excluding carboxylic acids is 2. The first-order valence-corrected chi connectivity index (χ1v) is 14.9. The zero-order valence-electron chi connectivity index (χ0n) is 20.8. The molecule has 1 N–H and O–H groups in total. The number of benzene rings is 2. The zero-order valence-corrected chi connectivity index (χ0v) is 23.2. The molecule has 8 nitrogen and oxygen atoms in total. The number of amides is 1. The van der Waals surface area contributed by atoms with E-state index in [9.17, 15) is 26.8 Å². The van der Waals surface area contributed by atoms with Gasteiger partial charge >= 0.3 is 5.97 Å². The smallest absolute Gasteiger partial charge is 0.311 e. The average molecular weight is 599 g/mol. The molecule has 0 radical (unpaired) electrons. The number of nitrogens with zero attached hydrogens (tertiary/aromatic N) is 1. The SMILES string of the molecule is CCOC(=O)Cc1nc(NC(=O)C(Oc2ccc(F)cc2F)c2ccccc2S(=O)(=O)C2CCCC2)sc1Cl. The van der Waals surface area contributed by atoms with Gasteiger partial charge in [0.25, 0.3) is 5.91 Å². The molecular weight excluding hydrogens is 574 g/mol. The number of hydrogen-bond donors (Lipinski definition) is 1. The van der Waals surface area contributed by atoms with Crippen molar-refractivity contribution in [1.82, 2.24) is 4.98 Å². The van der Waals surface area contributed by atoms with Crippen molar-refractivity contribution in [2.75, 3.05) is 11.9 Å². The van der Waals surface area contributed by atoms with Crippen molar-refractivity contribution in [3.63, 3.8) is 0 Å². The van der Waals surface area contributed by atoms with Crippen molar-refractivity contribution in [2.24, 2.45) is 0 Å². The van der Waals surface area contributed by atoms with Gasteiger partial charge in [-0.25, -0.2) is 22.2 Å². The first-order valence-electron chi connectivity index (χ1n) is 12.2. The number of thiazole rings is 1. The van der Waals surface area contributed by atoms with E-state index >= 15 is 0 Å². The highest BCUT2D eigenvalue weighted by molar-refractivity contribution is 7.92. The number of aromatic nitrogens is 1. The highest BCUT2D eigenvalue weighted by atomic mass is 35.5. The maximum atomic E-state index is 14.6. The van der Waals surface area contributed by atoms with Crippen LogP contribution in [0, 0.1) is 11.6 Å². The molecule has 4 rings (SSSR count). The third-order valence-corrected chi connectivity index (χ3v) is 9.71. The molecule has 1 amide bonds. The van der Waals surface area contributed by atoms with Gasteiger partial charge in [-0.3, -0.25) is 14.9 Å². The number of sulfone groups is 1. The van der Waals surface area contributed by atoms with Crippen LogP contribution in [0.1, 0.15) is 50.0 Å². The van der Waals surface area contributed by atoms with Gasteiger partial charge in [0.05, 0.1) is 28.9 Å². The van der Waals surface area contributed by atoms with Gasteiger partial charge in [0.15, 0.2) is 26.5 Å². The summed E-state index contributed by atoms with van der Waals surface area (Å²) in [6.45, 7) is 1.83. The molecule has 1 saturated carbocycles. The van der Waals surface area contributed by atoms with E-state index in [-0.39, 0.29) is 38.6 Å². The lowest BCUT2D eigenvalue weighted by Crippen LogP contribution is -2.29. The average Bonchev–Trinajstić information content (AvgIpc) is 3.54. The topological polar surface area (TPSA) is 112 Å². The van der Waals surface area contributed by atoms with E-state index in [0.717, 1.165) is 36.3 Å². The summed E-state index contributed by atoms with van der Waals surface area (Å²) in [5.74, 6) is -3.80. The zero-order chi connectivity index (χ0) is 28.2. The van der Waals surface area contributed by atoms with Crippen LogP contribution in [0.5, 0.6) is 5.75 Å². The maximum Gasteiger partial charge on any atom is 0.311 e. The third kappa shape index (κ3) is 6.74. The number of carbonyl (C=O) groups is 2. The summed E-state index contributed by atoms with van der Waals surface area (Å²) in [5, 5.41) is 1.91. The highest BCUT2D eigenvalue weighted by Gasteiger charge is 2.36. The van der Waals surface area contributed by atoms with Crippen LogP contribution in [0.3, 0.4) is 0 Å². The molecule has 208 valence electrons. The Labute approximate surface area is 233 Å². The van der Waals surface area contributed by atoms with Gasteiger partial charge in [0.1, 0.15) is 10.2 Å². The fourth-order valence-electron chi connectivity index (χ4n) is 4.31. The van der Waals surface area contributed by atoms with Crippen LogP contribution in [0.2, 0.25) is 4.34 Å². The van der Waals surface area contributed by atoms with Crippen molar-refractivity contribution in [1.29, 1.82) is 0 Å². The molecular formula is C26H25ClF2N2O6S2. The second-order valence-corrected chi connectivity index (χ2v) is 12.6. The van der Waals surface area contributed by atoms with E-state index in [1.54, 1.807) is 6.92 Å². The van der Waals surface area contributed by atoms with E-state index in [1.165, 1.54) is 24.3 Å². The van der Waals surface area contributed by atoms with Crippen LogP contribution in [0.25, 0.3) is 0 Å². The Morgan fingerprint density at radius 1 is 1.18 bits per heavy atom. The van der Waals surface area contributed by atoms with Crippen LogP contribution in [-0.2, 0) is 30.6 Å². The maximum absolute atomic E-state index is 14.6. The third-order valence-electron chi connectivity index (χ3n) is 6.12. The van der Waals surface area contributed by atoms with E-state index in [4.69, 9.17) is 21.1 Å². The molecule has 0 aliphatic heterocycles. The molecule has 1 fully saturated rings. The summed E-state index contributed by atoms with van der Waals surface area (Å²) in [6, 6.07) is 8.41. The summed E-state index contributed by atoms with van der Waals surface area (Å²) in [4.78, 5) is 29.5. The summed E-state index contributed by atoms with van der Waals surface area (Å²) in [7, 11) is -3.85. The highest BCUT2D eigenvalue weighted by Crippen LogP contribution is 2.36. The molecule has 3 aromatic rings. The first-order chi connectivity index (χ1) is 18.6. The Morgan fingerprint density at radius 2 is 1.90 bits per heavy atom. The van der Waals surface area contributed by atoms with Crippen LogP contribution in [0.4, 0.5) is 13.9 Å². The Bertz CT molecular complexity index is 1470. The number of halogens is 3. The van der Waals surface area contributed by atoms with Crippen LogP contribution < -0.4 is 10.1 Å². The Kier molecular flexibility index (Phi) is 9.19. The van der Waals surface area contributed by atoms with Gasteiger partial charge in [-0.05, 0) is 38.0 Å². The Balaban J connectivity index is 1.70. The van der Waals surface area contributed by atoms with Gasteiger partial charge < -0.3 is 9.47 Å². The normalized spacial score (nSPS) is 14.7. The van der Waals surface area contributed by atoms with Gasteiger partial charge in [-0.15, -0.1) is 0 Å². The number of ether oxygens (including phenoxy) is 2. The molecule has 1 unspecified atom stereocenters. The van der Waals surface area contributed by atoms with Crippen molar-refractivity contribution in [3.05, 3.63) is 69.7 Å². The number of nitrogens with one attached hydrogen (secondary N) is 1. The van der Waals surface area contributed by atoms with Gasteiger partial charge in [0, 0.05) is 11.6 Å². The first kappa shape index (κ1) is 28.9. The number of anilines is 1. The quantitative estimate of drug-likeness (QED) is 0.300. The molecule has 0 spiro atoms. The van der Waals surface area contributed by atoms with Crippen LogP contribution in [0.15, 0.2) is 47.4 Å². The largest absolute Gasteiger partial charge is 0.473 e. The van der Waals surface area contributed by atoms with Gasteiger partial charge in [-0.2, -0.15) is 0 Å². The predicted molar refractivity (Wildman–Crippen MR) is 142 cm³/mol. The Hall–Kier alpha value is -3.09. The fourth-order valence-corrected chi connectivity index (χ4v) is 7.43. The Morgan fingerprint density at radius 3 is 2.59 bits per heavy atom. The van der Waals surface area contributed by atoms with E-state index in [2.05, 4.69) is 10.3 Å². The summed E-state index contributed by atoms with van der Waals surface area (Å²) in [5.41, 5.74) is 0.168. The molecule has 1 aliphatic rings. The minimum atomic E-state index is -3.85. The van der Waals surface area contributed by atoms with E-state index in [1.807, 2.05) is 0 Å². The summed E-state index contributed by atoms with van der Waals surface area (Å²) in [6.07, 6.45) is 0.637. The minimum absolute atomic E-state index is 0.00797. The molecule has 13 heteroatoms. The van der Waals surface area contributed by atoms with Crippen LogP contribution >= 0.6 is 22.9 Å². The summed E-state index contributed by atoms with van der Waals surface area (Å²) >= 11 is 7.07. The second-order valence-electron chi connectivity index (χ2n) is 8.77. The molecule has 1 aliphatic carbocycles. The van der Waals surface area contributed by atoms with Gasteiger partial charge in [-0.1, -0.05) is 54.0 Å². The number of hydrogen-bond acceptors (Lipinski definition) is 8. The minimum Gasteiger partial charge on any atom is -0.473 e. The molecule has 2 aromatic carbocycles. The lowest BCUT2D eigenvalue weighted by atomic mass is 10.1. The summed E-state index contributed by atoms with van der Waals surface area (Å²) < 4.78 is 65.9. The van der Waals surface area contributed by atoms with E-state index < -0.39 is 50.5 Å². The lowest BCUT2D eigenvalue weighted by molar-refractivity contribution is -0.142.